The Morgan fingerprint density at radius 2 is 1.89 bits per heavy atom. The number of amidine groups is 1. The van der Waals surface area contributed by atoms with Crippen LogP contribution >= 0.6 is 23.4 Å². The topological polar surface area (TPSA) is 119 Å². The molecule has 0 aromatic heterocycles. The SMILES string of the molecule is Cc1ccc(S(=O)(=O)/N=C2\NC(=O)C(=Cc3cc([N+](=O)[O-])ccc3Cl)S2)cc1. The van der Waals surface area contributed by atoms with Gasteiger partial charge in [-0.3, -0.25) is 20.2 Å². The number of rotatable bonds is 4. The summed E-state index contributed by atoms with van der Waals surface area (Å²) in [6.45, 7) is 1.82. The van der Waals surface area contributed by atoms with Gasteiger partial charge in [0, 0.05) is 22.7 Å². The molecule has 28 heavy (non-hydrogen) atoms. The normalized spacial score (nSPS) is 17.1. The number of aryl methyl sites for hydroxylation is 1. The molecule has 2 aromatic rings. The highest BCUT2D eigenvalue weighted by Gasteiger charge is 2.27. The van der Waals surface area contributed by atoms with Crippen molar-refractivity contribution in [3.05, 3.63) is 73.6 Å². The fraction of sp³-hybridized carbons (Fsp3) is 0.0588. The second-order valence-electron chi connectivity index (χ2n) is 5.71. The molecule has 8 nitrogen and oxygen atoms in total. The first-order valence-electron chi connectivity index (χ1n) is 7.72. The first-order valence-corrected chi connectivity index (χ1v) is 10.4. The first-order chi connectivity index (χ1) is 13.2. The van der Waals surface area contributed by atoms with E-state index in [2.05, 4.69) is 9.71 Å². The van der Waals surface area contributed by atoms with Crippen LogP contribution in [-0.2, 0) is 14.8 Å². The predicted octanol–water partition coefficient (Wildman–Crippen LogP) is 3.51. The molecule has 11 heteroatoms. The molecule has 1 amide bonds. The summed E-state index contributed by atoms with van der Waals surface area (Å²) < 4.78 is 28.4. The molecular formula is C17H12ClN3O5S2. The zero-order chi connectivity index (χ0) is 20.5. The van der Waals surface area contributed by atoms with Crippen molar-refractivity contribution in [2.45, 2.75) is 11.8 Å². The van der Waals surface area contributed by atoms with E-state index in [-0.39, 0.29) is 31.2 Å². The quantitative estimate of drug-likeness (QED) is 0.444. The van der Waals surface area contributed by atoms with Gasteiger partial charge in [0.25, 0.3) is 21.6 Å². The highest BCUT2D eigenvalue weighted by molar-refractivity contribution is 8.19. The number of amides is 1. The van der Waals surface area contributed by atoms with Crippen molar-refractivity contribution >= 4 is 56.2 Å². The van der Waals surface area contributed by atoms with Gasteiger partial charge in [0.2, 0.25) is 0 Å². The maximum Gasteiger partial charge on any atom is 0.284 e. The predicted molar refractivity (Wildman–Crippen MR) is 108 cm³/mol. The lowest BCUT2D eigenvalue weighted by Gasteiger charge is -2.00. The highest BCUT2D eigenvalue weighted by atomic mass is 35.5. The molecular weight excluding hydrogens is 426 g/mol. The standard InChI is InChI=1S/C17H12ClN3O5S2/c1-10-2-5-13(6-3-10)28(25,26)20-17-19-16(22)15(27-17)9-11-8-12(21(23)24)4-7-14(11)18/h2-9H,1H3,(H,19,20,22). The van der Waals surface area contributed by atoms with E-state index in [1.54, 1.807) is 12.1 Å². The minimum atomic E-state index is -4.00. The third-order valence-electron chi connectivity index (χ3n) is 3.65. The van der Waals surface area contributed by atoms with E-state index < -0.39 is 20.9 Å². The van der Waals surface area contributed by atoms with Crippen molar-refractivity contribution in [1.29, 1.82) is 0 Å². The molecule has 1 aliphatic rings. The van der Waals surface area contributed by atoms with Crippen molar-refractivity contribution in [3.8, 4) is 0 Å². The molecule has 2 aromatic carbocycles. The van der Waals surface area contributed by atoms with Gasteiger partial charge in [-0.15, -0.1) is 4.40 Å². The van der Waals surface area contributed by atoms with Crippen LogP contribution in [0, 0.1) is 17.0 Å². The van der Waals surface area contributed by atoms with Crippen LogP contribution in [0.3, 0.4) is 0 Å². The highest BCUT2D eigenvalue weighted by Crippen LogP contribution is 2.31. The summed E-state index contributed by atoms with van der Waals surface area (Å²) in [6.07, 6.45) is 1.34. The van der Waals surface area contributed by atoms with Crippen molar-refractivity contribution in [3.63, 3.8) is 0 Å². The number of carbonyl (C=O) groups is 1. The number of non-ortho nitro benzene ring substituents is 1. The van der Waals surface area contributed by atoms with Crippen LogP contribution in [0.5, 0.6) is 0 Å². The Balaban J connectivity index is 1.90. The summed E-state index contributed by atoms with van der Waals surface area (Å²) in [6, 6.07) is 9.95. The van der Waals surface area contributed by atoms with E-state index in [1.807, 2.05) is 6.92 Å². The lowest BCUT2D eigenvalue weighted by atomic mass is 10.2. The van der Waals surface area contributed by atoms with Gasteiger partial charge in [-0.2, -0.15) is 8.42 Å². The zero-order valence-electron chi connectivity index (χ0n) is 14.2. The Morgan fingerprint density at radius 1 is 1.21 bits per heavy atom. The Kier molecular flexibility index (Phi) is 5.54. The molecule has 1 fully saturated rings. The van der Waals surface area contributed by atoms with E-state index in [9.17, 15) is 23.3 Å². The van der Waals surface area contributed by atoms with Gasteiger partial charge in [-0.1, -0.05) is 29.3 Å². The number of hydrogen-bond donors (Lipinski definition) is 1. The first kappa shape index (κ1) is 20.1. The van der Waals surface area contributed by atoms with Gasteiger partial charge in [0.1, 0.15) is 0 Å². The van der Waals surface area contributed by atoms with Crippen LogP contribution < -0.4 is 5.32 Å². The third-order valence-corrected chi connectivity index (χ3v) is 6.31. The number of nitrogens with one attached hydrogen (secondary N) is 1. The number of halogens is 1. The van der Waals surface area contributed by atoms with Gasteiger partial charge in [0.15, 0.2) is 5.17 Å². The molecule has 1 N–H and O–H groups in total. The van der Waals surface area contributed by atoms with Crippen molar-refractivity contribution in [2.24, 2.45) is 4.40 Å². The molecule has 1 saturated heterocycles. The van der Waals surface area contributed by atoms with E-state index in [0.717, 1.165) is 17.3 Å². The molecule has 0 bridgehead atoms. The fourth-order valence-corrected chi connectivity index (χ4v) is 4.39. The smallest absolute Gasteiger partial charge is 0.284 e. The summed E-state index contributed by atoms with van der Waals surface area (Å²) in [5.41, 5.74) is 0.973. The summed E-state index contributed by atoms with van der Waals surface area (Å²) >= 11 is 6.83. The van der Waals surface area contributed by atoms with Gasteiger partial charge in [-0.25, -0.2) is 0 Å². The lowest BCUT2D eigenvalue weighted by molar-refractivity contribution is -0.384. The average molecular weight is 438 g/mol. The molecule has 0 aliphatic carbocycles. The maximum atomic E-state index is 12.4. The zero-order valence-corrected chi connectivity index (χ0v) is 16.6. The average Bonchev–Trinajstić information content (AvgIpc) is 2.95. The summed E-state index contributed by atoms with van der Waals surface area (Å²) in [4.78, 5) is 22.6. The van der Waals surface area contributed by atoms with E-state index in [1.165, 1.54) is 36.4 Å². The van der Waals surface area contributed by atoms with Gasteiger partial charge >= 0.3 is 0 Å². The Hall–Kier alpha value is -2.69. The Bertz CT molecular complexity index is 1140. The monoisotopic (exact) mass is 437 g/mol. The number of benzene rings is 2. The largest absolute Gasteiger partial charge is 0.300 e. The minimum absolute atomic E-state index is 0.000364. The number of nitro groups is 1. The number of nitro benzene ring substituents is 1. The van der Waals surface area contributed by atoms with Crippen LogP contribution in [0.4, 0.5) is 5.69 Å². The summed E-state index contributed by atoms with van der Waals surface area (Å²) in [5.74, 6) is -0.578. The second-order valence-corrected chi connectivity index (χ2v) is 8.75. The van der Waals surface area contributed by atoms with Crippen molar-refractivity contribution < 1.29 is 18.1 Å². The van der Waals surface area contributed by atoms with Crippen LogP contribution in [-0.4, -0.2) is 24.4 Å². The molecule has 0 saturated carbocycles. The molecule has 1 aliphatic heterocycles. The van der Waals surface area contributed by atoms with Crippen LogP contribution in [0.25, 0.3) is 6.08 Å². The summed E-state index contributed by atoms with van der Waals surface area (Å²) in [5, 5.41) is 13.4. The molecule has 0 atom stereocenters. The Morgan fingerprint density at radius 3 is 2.54 bits per heavy atom. The van der Waals surface area contributed by atoms with Gasteiger partial charge in [0.05, 0.1) is 14.7 Å². The fourth-order valence-electron chi connectivity index (χ4n) is 2.24. The molecule has 3 rings (SSSR count). The lowest BCUT2D eigenvalue weighted by Crippen LogP contribution is -2.20. The third kappa shape index (κ3) is 4.41. The van der Waals surface area contributed by atoms with E-state index in [0.29, 0.717) is 0 Å². The number of nitrogens with zero attached hydrogens (tertiary/aromatic N) is 2. The molecule has 0 spiro atoms. The number of sulfonamides is 1. The van der Waals surface area contributed by atoms with Crippen LogP contribution in [0.1, 0.15) is 11.1 Å². The maximum absolute atomic E-state index is 12.4. The number of thioether (sulfide) groups is 1. The molecule has 144 valence electrons. The number of hydrogen-bond acceptors (Lipinski definition) is 6. The van der Waals surface area contributed by atoms with Gasteiger partial charge in [-0.05, 0) is 43.0 Å². The second kappa shape index (κ2) is 7.74. The number of carbonyl (C=O) groups excluding carboxylic acids is 1. The van der Waals surface area contributed by atoms with Crippen LogP contribution in [0.2, 0.25) is 5.02 Å². The van der Waals surface area contributed by atoms with E-state index in [4.69, 9.17) is 11.6 Å². The summed E-state index contributed by atoms with van der Waals surface area (Å²) in [7, 11) is -4.00. The molecule has 0 unspecified atom stereocenters. The van der Waals surface area contributed by atoms with Crippen molar-refractivity contribution in [2.75, 3.05) is 0 Å². The van der Waals surface area contributed by atoms with Crippen LogP contribution in [0.15, 0.2) is 56.7 Å². The van der Waals surface area contributed by atoms with Crippen molar-refractivity contribution in [1.82, 2.24) is 5.32 Å². The van der Waals surface area contributed by atoms with E-state index >= 15 is 0 Å². The molecule has 1 heterocycles. The Labute approximate surface area is 169 Å². The minimum Gasteiger partial charge on any atom is -0.300 e. The van der Waals surface area contributed by atoms with Gasteiger partial charge < -0.3 is 0 Å². The molecule has 0 radical (unpaired) electrons.